The summed E-state index contributed by atoms with van der Waals surface area (Å²) < 4.78 is 0. The summed E-state index contributed by atoms with van der Waals surface area (Å²) in [5.74, 6) is 12.2. The Hall–Kier alpha value is -0.520. The zero-order chi connectivity index (χ0) is 11.9. The van der Waals surface area contributed by atoms with Gasteiger partial charge in [0.05, 0.1) is 0 Å². The third-order valence-corrected chi connectivity index (χ3v) is 2.41. The Balaban J connectivity index is 3.99. The Kier molecular flexibility index (Phi) is 6.63. The van der Waals surface area contributed by atoms with E-state index >= 15 is 0 Å². The summed E-state index contributed by atoms with van der Waals surface area (Å²) in [6.45, 7) is 11.0. The molecule has 2 nitrogen and oxygen atoms in total. The molecule has 0 rings (SSSR count). The van der Waals surface area contributed by atoms with Gasteiger partial charge in [0, 0.05) is 12.5 Å². The van der Waals surface area contributed by atoms with Gasteiger partial charge in [-0.05, 0) is 31.1 Å². The molecule has 0 spiro atoms. The minimum Gasteiger partial charge on any atom is -0.271 e. The predicted molar refractivity (Wildman–Crippen MR) is 67.0 cm³/mol. The number of hydrogen-bond donors (Lipinski definition) is 2. The second-order valence-electron chi connectivity index (χ2n) is 5.60. The summed E-state index contributed by atoms with van der Waals surface area (Å²) in [7, 11) is 0. The van der Waals surface area contributed by atoms with Gasteiger partial charge in [-0.1, -0.05) is 27.7 Å². The van der Waals surface area contributed by atoms with Crippen LogP contribution < -0.4 is 11.3 Å². The summed E-state index contributed by atoms with van der Waals surface area (Å²) in [5.41, 5.74) is 3.25. The lowest BCUT2D eigenvalue weighted by Gasteiger charge is -2.25. The molecule has 0 saturated carbocycles. The zero-order valence-electron chi connectivity index (χ0n) is 10.9. The first-order valence-corrected chi connectivity index (χ1v) is 5.74. The summed E-state index contributed by atoms with van der Waals surface area (Å²) in [6, 6.07) is 0.329. The second-order valence-corrected chi connectivity index (χ2v) is 5.60. The molecule has 0 aromatic heterocycles. The lowest BCUT2D eigenvalue weighted by Crippen LogP contribution is -2.36. The first-order chi connectivity index (χ1) is 6.89. The van der Waals surface area contributed by atoms with Gasteiger partial charge in [0.15, 0.2) is 0 Å². The molecule has 3 N–H and O–H groups in total. The van der Waals surface area contributed by atoms with Gasteiger partial charge < -0.3 is 0 Å². The Labute approximate surface area is 95.0 Å². The highest BCUT2D eigenvalue weighted by Gasteiger charge is 2.18. The third kappa shape index (κ3) is 8.47. The van der Waals surface area contributed by atoms with Gasteiger partial charge in [-0.2, -0.15) is 0 Å². The molecule has 2 atom stereocenters. The molecule has 0 amide bonds. The van der Waals surface area contributed by atoms with Crippen LogP contribution in [0.3, 0.4) is 0 Å². The highest BCUT2D eigenvalue weighted by Crippen LogP contribution is 2.26. The van der Waals surface area contributed by atoms with E-state index in [1.165, 1.54) is 6.42 Å². The standard InChI is InChI=1S/C13H26N2/c1-6-7-8-12(15-14)9-11(2)10-13(3,4)5/h11-12,15H,8-10,14H2,1-5H3. The molecule has 0 saturated heterocycles. The lowest BCUT2D eigenvalue weighted by atomic mass is 9.82. The molecule has 88 valence electrons. The monoisotopic (exact) mass is 210 g/mol. The van der Waals surface area contributed by atoms with Crippen molar-refractivity contribution in [3.63, 3.8) is 0 Å². The van der Waals surface area contributed by atoms with Gasteiger partial charge in [-0.15, -0.1) is 11.8 Å². The smallest absolute Gasteiger partial charge is 0.0322 e. The van der Waals surface area contributed by atoms with Gasteiger partial charge in [0.25, 0.3) is 0 Å². The van der Waals surface area contributed by atoms with Crippen LogP contribution in [-0.2, 0) is 0 Å². The van der Waals surface area contributed by atoms with Gasteiger partial charge in [0.2, 0.25) is 0 Å². The molecule has 0 bridgehead atoms. The van der Waals surface area contributed by atoms with Crippen LogP contribution in [0, 0.1) is 23.2 Å². The third-order valence-electron chi connectivity index (χ3n) is 2.41. The van der Waals surface area contributed by atoms with Crippen LogP contribution in [0.1, 0.15) is 53.9 Å². The summed E-state index contributed by atoms with van der Waals surface area (Å²) in [4.78, 5) is 0. The maximum Gasteiger partial charge on any atom is 0.0322 e. The zero-order valence-corrected chi connectivity index (χ0v) is 10.9. The Bertz CT molecular complexity index is 217. The minimum absolute atomic E-state index is 0.329. The van der Waals surface area contributed by atoms with Crippen molar-refractivity contribution in [1.29, 1.82) is 0 Å². The number of rotatable bonds is 5. The van der Waals surface area contributed by atoms with Crippen molar-refractivity contribution in [3.05, 3.63) is 0 Å². The van der Waals surface area contributed by atoms with Gasteiger partial charge in [-0.25, -0.2) is 0 Å². The maximum atomic E-state index is 5.51. The molecule has 0 aromatic rings. The molecule has 0 radical (unpaired) electrons. The first-order valence-electron chi connectivity index (χ1n) is 5.74. The van der Waals surface area contributed by atoms with E-state index in [1.807, 2.05) is 6.92 Å². The topological polar surface area (TPSA) is 38.0 Å². The number of nitrogens with one attached hydrogen (secondary N) is 1. The van der Waals surface area contributed by atoms with Crippen molar-refractivity contribution in [2.75, 3.05) is 0 Å². The molecule has 0 aliphatic heterocycles. The highest BCUT2D eigenvalue weighted by molar-refractivity contribution is 4.98. The molecule has 0 heterocycles. The SMILES string of the molecule is CC#CCC(CC(C)CC(C)(C)C)NN. The van der Waals surface area contributed by atoms with Gasteiger partial charge in [0.1, 0.15) is 0 Å². The molecule has 0 fully saturated rings. The Morgan fingerprint density at radius 2 is 1.93 bits per heavy atom. The maximum absolute atomic E-state index is 5.51. The average molecular weight is 210 g/mol. The molecular formula is C13H26N2. The summed E-state index contributed by atoms with van der Waals surface area (Å²) in [6.07, 6.45) is 3.18. The number of hydrazine groups is 1. The fraction of sp³-hybridized carbons (Fsp3) is 0.846. The first kappa shape index (κ1) is 14.5. The van der Waals surface area contributed by atoms with E-state index in [0.29, 0.717) is 17.4 Å². The predicted octanol–water partition coefficient (Wildman–Crippen LogP) is 2.69. The molecule has 0 aliphatic carbocycles. The van der Waals surface area contributed by atoms with E-state index in [9.17, 15) is 0 Å². The average Bonchev–Trinajstić information content (AvgIpc) is 2.09. The van der Waals surface area contributed by atoms with E-state index in [0.717, 1.165) is 12.8 Å². The van der Waals surface area contributed by atoms with Crippen LogP contribution in [0.15, 0.2) is 0 Å². The summed E-state index contributed by atoms with van der Waals surface area (Å²) in [5, 5.41) is 0. The molecule has 0 aromatic carbocycles. The normalized spacial score (nSPS) is 15.3. The molecule has 2 heteroatoms. The van der Waals surface area contributed by atoms with Crippen LogP contribution in [-0.4, -0.2) is 6.04 Å². The highest BCUT2D eigenvalue weighted by atomic mass is 15.2. The molecule has 2 unspecified atom stereocenters. The van der Waals surface area contributed by atoms with Crippen LogP contribution in [0.4, 0.5) is 0 Å². The van der Waals surface area contributed by atoms with Crippen molar-refractivity contribution in [2.45, 2.75) is 59.9 Å². The Morgan fingerprint density at radius 3 is 2.33 bits per heavy atom. The van der Waals surface area contributed by atoms with Crippen LogP contribution in [0.2, 0.25) is 0 Å². The van der Waals surface area contributed by atoms with Crippen LogP contribution >= 0.6 is 0 Å². The quantitative estimate of drug-likeness (QED) is 0.416. The van der Waals surface area contributed by atoms with Crippen molar-refractivity contribution in [2.24, 2.45) is 17.2 Å². The van der Waals surface area contributed by atoms with E-state index in [-0.39, 0.29) is 0 Å². The van der Waals surface area contributed by atoms with Crippen molar-refractivity contribution in [1.82, 2.24) is 5.43 Å². The van der Waals surface area contributed by atoms with Crippen molar-refractivity contribution in [3.8, 4) is 11.8 Å². The van der Waals surface area contributed by atoms with E-state index < -0.39 is 0 Å². The minimum atomic E-state index is 0.329. The Morgan fingerprint density at radius 1 is 1.33 bits per heavy atom. The molecular weight excluding hydrogens is 184 g/mol. The fourth-order valence-electron chi connectivity index (χ4n) is 2.05. The van der Waals surface area contributed by atoms with E-state index in [1.54, 1.807) is 0 Å². The summed E-state index contributed by atoms with van der Waals surface area (Å²) >= 11 is 0. The van der Waals surface area contributed by atoms with E-state index in [2.05, 4.69) is 45.0 Å². The van der Waals surface area contributed by atoms with Crippen LogP contribution in [0.25, 0.3) is 0 Å². The van der Waals surface area contributed by atoms with Gasteiger partial charge in [-0.3, -0.25) is 11.3 Å². The number of hydrogen-bond acceptors (Lipinski definition) is 2. The van der Waals surface area contributed by atoms with Crippen molar-refractivity contribution < 1.29 is 0 Å². The molecule has 15 heavy (non-hydrogen) atoms. The fourth-order valence-corrected chi connectivity index (χ4v) is 2.05. The van der Waals surface area contributed by atoms with E-state index in [4.69, 9.17) is 5.84 Å². The largest absolute Gasteiger partial charge is 0.271 e. The second kappa shape index (κ2) is 6.87. The lowest BCUT2D eigenvalue weighted by molar-refractivity contribution is 0.276. The molecule has 0 aliphatic rings. The van der Waals surface area contributed by atoms with Crippen molar-refractivity contribution >= 4 is 0 Å². The van der Waals surface area contributed by atoms with Gasteiger partial charge >= 0.3 is 0 Å². The number of nitrogens with two attached hydrogens (primary N) is 1. The van der Waals surface area contributed by atoms with Crippen LogP contribution in [0.5, 0.6) is 0 Å².